The van der Waals surface area contributed by atoms with Gasteiger partial charge in [-0.2, -0.15) is 18.4 Å². The summed E-state index contributed by atoms with van der Waals surface area (Å²) in [7, 11) is 2.64. The number of alkyl halides is 2. The van der Waals surface area contributed by atoms with Crippen LogP contribution in [0.4, 0.5) is 42.0 Å². The van der Waals surface area contributed by atoms with E-state index in [9.17, 15) is 24.0 Å². The lowest BCUT2D eigenvalue weighted by molar-refractivity contribution is -0.140. The highest BCUT2D eigenvalue weighted by Crippen LogP contribution is 2.40. The molecule has 4 N–H and O–H groups in total. The molecule has 8 rings (SSSR count). The number of methoxy groups -OCH3 is 1. The normalized spacial score (nSPS) is 18.7. The fraction of sp³-hybridized carbons (Fsp3) is 0.562. The van der Waals surface area contributed by atoms with Crippen molar-refractivity contribution in [2.24, 2.45) is 0 Å². The van der Waals surface area contributed by atoms with E-state index in [2.05, 4.69) is 46.4 Å². The van der Waals surface area contributed by atoms with Gasteiger partial charge in [0.25, 0.3) is 23.3 Å². The first-order valence-corrected chi connectivity index (χ1v) is 24.6. The second kappa shape index (κ2) is 24.5. The molecule has 0 bridgehead atoms. The lowest BCUT2D eigenvalue weighted by Crippen LogP contribution is -2.48. The van der Waals surface area contributed by atoms with Crippen molar-refractivity contribution in [1.82, 2.24) is 40.5 Å². The zero-order valence-corrected chi connectivity index (χ0v) is 40.8. The van der Waals surface area contributed by atoms with Gasteiger partial charge in [0.2, 0.25) is 11.9 Å². The van der Waals surface area contributed by atoms with E-state index in [1.807, 2.05) is 0 Å². The molecule has 2 aromatic carbocycles. The minimum absolute atomic E-state index is 0.0254. The van der Waals surface area contributed by atoms with E-state index in [1.165, 1.54) is 31.3 Å². The van der Waals surface area contributed by atoms with E-state index in [0.717, 1.165) is 28.5 Å². The average molecular weight is 1020 g/mol. The van der Waals surface area contributed by atoms with Crippen LogP contribution in [0.5, 0.6) is 5.75 Å². The number of carbonyl (C=O) groups excluding carboxylic acids is 4. The fourth-order valence-corrected chi connectivity index (χ4v) is 9.36. The number of piperidine rings is 2. The number of halogens is 3. The van der Waals surface area contributed by atoms with Crippen molar-refractivity contribution >= 4 is 63.4 Å². The summed E-state index contributed by atoms with van der Waals surface area (Å²) in [5, 5.41) is 19.6. The summed E-state index contributed by atoms with van der Waals surface area (Å²) in [6, 6.07) is 6.22. The lowest BCUT2D eigenvalue weighted by Gasteiger charge is -2.32. The van der Waals surface area contributed by atoms with Crippen LogP contribution >= 0.6 is 0 Å². The van der Waals surface area contributed by atoms with Crippen molar-refractivity contribution in [3.63, 3.8) is 0 Å². The third kappa shape index (κ3) is 13.0. The Kier molecular flexibility index (Phi) is 17.7. The number of nitrogens with one attached hydrogen (secondary N) is 4. The summed E-state index contributed by atoms with van der Waals surface area (Å²) < 4.78 is 74.9. The van der Waals surface area contributed by atoms with Crippen molar-refractivity contribution < 1.29 is 56.0 Å². The van der Waals surface area contributed by atoms with Crippen LogP contribution in [0.3, 0.4) is 0 Å². The number of carbonyl (C=O) groups is 4. The molecular weight excluding hydrogens is 962 g/mol. The Balaban J connectivity index is 0.676. The number of amides is 4. The highest BCUT2D eigenvalue weighted by Gasteiger charge is 2.49. The molecular formula is C48H61F3N12O10. The molecule has 4 aliphatic rings. The topological polar surface area (TPSA) is 246 Å². The molecule has 0 spiro atoms. The lowest BCUT2D eigenvalue weighted by atomic mass is 10.0. The van der Waals surface area contributed by atoms with Gasteiger partial charge in [-0.25, -0.2) is 9.37 Å². The van der Waals surface area contributed by atoms with Gasteiger partial charge in [0, 0.05) is 63.5 Å². The van der Waals surface area contributed by atoms with Gasteiger partial charge in [0.15, 0.2) is 5.82 Å². The summed E-state index contributed by atoms with van der Waals surface area (Å²) in [5.74, 6) is -7.07. The van der Waals surface area contributed by atoms with E-state index in [1.54, 1.807) is 18.2 Å². The minimum atomic E-state index is -3.63. The quantitative estimate of drug-likeness (QED) is 0.0616. The molecule has 394 valence electrons. The van der Waals surface area contributed by atoms with Gasteiger partial charge >= 0.3 is 5.92 Å². The first-order chi connectivity index (χ1) is 35.3. The Morgan fingerprint density at radius 1 is 0.890 bits per heavy atom. The fourth-order valence-electron chi connectivity index (χ4n) is 9.36. The standard InChI is InChI=1S/C48H61F3N12O10/c1-60-38-28-53-47(57-42(38)62(31-6-3-4-7-31)29-48(50,51)46(60)68)55-36-27-33(49)32(26-39(36)69-2)43(65)54-30-12-15-61(16-13-30)17-19-71-21-23-73-25-24-72-22-20-70-18-14-52-34-8-5-9-35-41(34)45(67)63(59-58-35)37-10-11-40(64)56-44(37)66/h5,8-9,26-28,30-31,37,52H,3-4,6-7,10-25,29H2,1-2H3,(H,54,65)(H,53,55,57)(H,56,64,66). The molecule has 2 saturated heterocycles. The number of likely N-dealkylation sites (tertiary alicyclic amines) is 1. The van der Waals surface area contributed by atoms with Crippen molar-refractivity contribution in [2.45, 2.75) is 75.4 Å². The van der Waals surface area contributed by atoms with Crippen molar-refractivity contribution in [3.8, 4) is 5.75 Å². The summed E-state index contributed by atoms with van der Waals surface area (Å²) in [6.45, 7) is 4.88. The zero-order chi connectivity index (χ0) is 51.5. The van der Waals surface area contributed by atoms with Crippen LogP contribution in [0, 0.1) is 5.82 Å². The van der Waals surface area contributed by atoms with Gasteiger partial charge < -0.3 is 54.3 Å². The zero-order valence-electron chi connectivity index (χ0n) is 40.8. The second-order valence-corrected chi connectivity index (χ2v) is 18.2. The maximum atomic E-state index is 15.6. The number of rotatable bonds is 23. The van der Waals surface area contributed by atoms with Gasteiger partial charge in [0.1, 0.15) is 28.8 Å². The van der Waals surface area contributed by atoms with Crippen molar-refractivity contribution in [1.29, 1.82) is 0 Å². The Bertz CT molecular complexity index is 2670. The molecule has 4 amide bonds. The molecule has 73 heavy (non-hydrogen) atoms. The van der Waals surface area contributed by atoms with Crippen LogP contribution in [-0.4, -0.2) is 171 Å². The highest BCUT2D eigenvalue weighted by atomic mass is 19.3. The average Bonchev–Trinajstić information content (AvgIpc) is 3.90. The predicted molar refractivity (Wildman–Crippen MR) is 260 cm³/mol. The van der Waals surface area contributed by atoms with E-state index in [-0.39, 0.29) is 70.7 Å². The first-order valence-electron chi connectivity index (χ1n) is 24.6. The number of benzene rings is 2. The molecule has 0 radical (unpaired) electrons. The Hall–Kier alpha value is -6.54. The number of hydrogen-bond donors (Lipinski definition) is 4. The van der Waals surface area contributed by atoms with Gasteiger partial charge in [-0.3, -0.25) is 29.3 Å². The maximum Gasteiger partial charge on any atom is 0.342 e. The molecule has 4 aromatic rings. The number of nitrogens with zero attached hydrogens (tertiary/aromatic N) is 8. The van der Waals surface area contributed by atoms with Crippen LogP contribution in [0.2, 0.25) is 0 Å². The number of ether oxygens (including phenoxy) is 5. The Labute approximate surface area is 418 Å². The molecule has 1 saturated carbocycles. The van der Waals surface area contributed by atoms with Crippen molar-refractivity contribution in [3.05, 3.63) is 58.3 Å². The number of imide groups is 1. The van der Waals surface area contributed by atoms with Crippen LogP contribution in [0.1, 0.15) is 67.8 Å². The van der Waals surface area contributed by atoms with Crippen LogP contribution < -0.4 is 41.4 Å². The molecule has 3 fully saturated rings. The van der Waals surface area contributed by atoms with Gasteiger partial charge in [-0.05, 0) is 50.3 Å². The van der Waals surface area contributed by atoms with E-state index in [4.69, 9.17) is 23.7 Å². The molecule has 3 aliphatic heterocycles. The predicted octanol–water partition coefficient (Wildman–Crippen LogP) is 3.18. The van der Waals surface area contributed by atoms with Crippen LogP contribution in [0.25, 0.3) is 10.9 Å². The van der Waals surface area contributed by atoms with Gasteiger partial charge in [-0.15, -0.1) is 5.10 Å². The minimum Gasteiger partial charge on any atom is -0.495 e. The summed E-state index contributed by atoms with van der Waals surface area (Å²) >= 11 is 0. The first kappa shape index (κ1) is 52.8. The highest BCUT2D eigenvalue weighted by molar-refractivity contribution is 6.02. The van der Waals surface area contributed by atoms with E-state index in [0.29, 0.717) is 116 Å². The number of aromatic nitrogens is 5. The van der Waals surface area contributed by atoms with E-state index >= 15 is 13.2 Å². The number of anilines is 5. The molecule has 5 heterocycles. The summed E-state index contributed by atoms with van der Waals surface area (Å²) in [5.41, 5.74) is 0.475. The Morgan fingerprint density at radius 3 is 2.29 bits per heavy atom. The monoisotopic (exact) mass is 1020 g/mol. The summed E-state index contributed by atoms with van der Waals surface area (Å²) in [6.07, 6.45) is 5.99. The molecule has 25 heteroatoms. The number of fused-ring (bicyclic) bond motifs is 2. The van der Waals surface area contributed by atoms with Crippen LogP contribution in [0.15, 0.2) is 41.3 Å². The van der Waals surface area contributed by atoms with Gasteiger partial charge in [0.05, 0.1) is 89.3 Å². The molecule has 22 nitrogen and oxygen atoms in total. The third-order valence-electron chi connectivity index (χ3n) is 13.3. The molecule has 1 unspecified atom stereocenters. The SMILES string of the molecule is COc1cc(C(=O)NC2CCN(CCOCCOCCOCCOCCNc3cccc4nnn(C5CCC(=O)NC5=O)c(=O)c34)CC2)c(F)cc1Nc1ncc2c(n1)N(C1CCCC1)CC(F)(F)C(=O)N2C. The van der Waals surface area contributed by atoms with Crippen molar-refractivity contribution in [2.75, 3.05) is 120 Å². The Morgan fingerprint density at radius 2 is 1.59 bits per heavy atom. The maximum absolute atomic E-state index is 15.6. The molecule has 1 aliphatic carbocycles. The third-order valence-corrected chi connectivity index (χ3v) is 13.3. The van der Waals surface area contributed by atoms with Gasteiger partial charge in [-0.1, -0.05) is 24.1 Å². The van der Waals surface area contributed by atoms with E-state index < -0.39 is 47.6 Å². The number of hydrogen-bond acceptors (Lipinski definition) is 18. The molecule has 2 aromatic heterocycles. The smallest absolute Gasteiger partial charge is 0.342 e. The second-order valence-electron chi connectivity index (χ2n) is 18.2. The van der Waals surface area contributed by atoms with Crippen LogP contribution in [-0.2, 0) is 33.3 Å². The summed E-state index contributed by atoms with van der Waals surface area (Å²) in [4.78, 5) is 76.6. The largest absolute Gasteiger partial charge is 0.495 e. The molecule has 1 atom stereocenters.